The van der Waals surface area contributed by atoms with Gasteiger partial charge in [0.05, 0.1) is 25.7 Å². The van der Waals surface area contributed by atoms with Crippen molar-refractivity contribution in [3.8, 4) is 5.75 Å². The SMILES string of the molecule is CC[C@H]1C[NH+]2CC[C@H]1C[C@@H]2[C@@H](O)c1ccnc2ccc(OC)cc12.O=S(=O)([O-])[O-]. The van der Waals surface area contributed by atoms with Gasteiger partial charge >= 0.3 is 0 Å². The normalized spacial score (nSPS) is 27.2. The van der Waals surface area contributed by atoms with Gasteiger partial charge in [-0.3, -0.25) is 13.4 Å². The van der Waals surface area contributed by atoms with Gasteiger partial charge in [-0.15, -0.1) is 0 Å². The van der Waals surface area contributed by atoms with Crippen LogP contribution in [0, 0.1) is 11.8 Å². The number of quaternary nitrogens is 1. The van der Waals surface area contributed by atoms with Gasteiger partial charge < -0.3 is 23.8 Å². The van der Waals surface area contributed by atoms with Crippen molar-refractivity contribution < 1.29 is 32.3 Å². The monoisotopic (exact) mass is 423 g/mol. The molecular weight excluding hydrogens is 396 g/mol. The molecule has 4 heterocycles. The highest BCUT2D eigenvalue weighted by Crippen LogP contribution is 2.35. The fourth-order valence-corrected chi connectivity index (χ4v) is 4.93. The number of piperidine rings is 3. The molecular formula is C20H27N2O6S-. The molecule has 3 saturated heterocycles. The zero-order valence-electron chi connectivity index (χ0n) is 16.6. The van der Waals surface area contributed by atoms with Gasteiger partial charge in [0.2, 0.25) is 0 Å². The van der Waals surface area contributed by atoms with E-state index in [1.54, 1.807) is 12.0 Å². The first-order valence-corrected chi connectivity index (χ1v) is 11.2. The maximum absolute atomic E-state index is 11.2. The Balaban J connectivity index is 0.000000431. The molecule has 5 atom stereocenters. The first kappa shape index (κ1) is 21.9. The topological polar surface area (TPSA) is 127 Å². The molecule has 2 bridgehead atoms. The summed E-state index contributed by atoms with van der Waals surface area (Å²) in [6.07, 6.45) is 5.11. The van der Waals surface area contributed by atoms with Crippen molar-refractivity contribution in [2.45, 2.75) is 38.3 Å². The Labute approximate surface area is 171 Å². The lowest BCUT2D eigenvalue weighted by molar-refractivity contribution is -0.950. The zero-order chi connectivity index (χ0) is 21.2. The number of aromatic nitrogens is 1. The number of pyridine rings is 1. The van der Waals surface area contributed by atoms with Gasteiger partial charge in [-0.05, 0) is 42.2 Å². The molecule has 5 rings (SSSR count). The summed E-state index contributed by atoms with van der Waals surface area (Å²) in [6, 6.07) is 8.18. The molecule has 1 aromatic heterocycles. The molecule has 2 aromatic rings. The highest BCUT2D eigenvalue weighted by Gasteiger charge is 2.46. The molecule has 0 spiro atoms. The van der Waals surface area contributed by atoms with Crippen LogP contribution in [-0.4, -0.2) is 53.9 Å². The van der Waals surface area contributed by atoms with Crippen LogP contribution in [-0.2, 0) is 10.4 Å². The number of fused-ring (bicyclic) bond motifs is 4. The molecule has 0 aliphatic carbocycles. The largest absolute Gasteiger partial charge is 0.759 e. The minimum atomic E-state index is -5.17. The van der Waals surface area contributed by atoms with E-state index in [9.17, 15) is 5.11 Å². The summed E-state index contributed by atoms with van der Waals surface area (Å²) >= 11 is 0. The van der Waals surface area contributed by atoms with Crippen LogP contribution in [0.3, 0.4) is 0 Å². The Kier molecular flexibility index (Phi) is 6.75. The average molecular weight is 424 g/mol. The average Bonchev–Trinajstić information content (AvgIpc) is 2.71. The Morgan fingerprint density at radius 2 is 2.07 bits per heavy atom. The van der Waals surface area contributed by atoms with Crippen molar-refractivity contribution in [1.29, 1.82) is 0 Å². The Morgan fingerprint density at radius 3 is 2.66 bits per heavy atom. The minimum absolute atomic E-state index is 0.309. The summed E-state index contributed by atoms with van der Waals surface area (Å²) in [4.78, 5) is 6.03. The Hall–Kier alpha value is -1.78. The quantitative estimate of drug-likeness (QED) is 0.546. The van der Waals surface area contributed by atoms with Crippen molar-refractivity contribution in [3.63, 3.8) is 0 Å². The molecule has 0 saturated carbocycles. The lowest BCUT2D eigenvalue weighted by Crippen LogP contribution is -3.20. The lowest BCUT2D eigenvalue weighted by atomic mass is 9.72. The number of rotatable bonds is 4. The van der Waals surface area contributed by atoms with Crippen LogP contribution in [0.15, 0.2) is 30.5 Å². The lowest BCUT2D eigenvalue weighted by Gasteiger charge is -2.48. The zero-order valence-corrected chi connectivity index (χ0v) is 17.4. The third-order valence-corrected chi connectivity index (χ3v) is 6.31. The van der Waals surface area contributed by atoms with E-state index in [2.05, 4.69) is 11.9 Å². The highest BCUT2D eigenvalue weighted by atomic mass is 32.3. The van der Waals surface area contributed by atoms with E-state index in [0.29, 0.717) is 6.04 Å². The molecule has 29 heavy (non-hydrogen) atoms. The molecule has 1 aromatic carbocycles. The van der Waals surface area contributed by atoms with Crippen molar-refractivity contribution in [2.24, 2.45) is 11.8 Å². The molecule has 3 aliphatic rings. The summed E-state index contributed by atoms with van der Waals surface area (Å²) in [7, 11) is -3.49. The molecule has 8 nitrogen and oxygen atoms in total. The van der Waals surface area contributed by atoms with Crippen LogP contribution < -0.4 is 9.64 Å². The van der Waals surface area contributed by atoms with Crippen LogP contribution in [0.4, 0.5) is 0 Å². The number of ether oxygens (including phenoxy) is 1. The first-order chi connectivity index (χ1) is 13.7. The van der Waals surface area contributed by atoms with Gasteiger partial charge in [-0.2, -0.15) is 0 Å². The summed E-state index contributed by atoms with van der Waals surface area (Å²) < 4.78 is 39.4. The van der Waals surface area contributed by atoms with E-state index in [-0.39, 0.29) is 0 Å². The van der Waals surface area contributed by atoms with E-state index in [1.807, 2.05) is 30.5 Å². The number of nitrogens with one attached hydrogen (secondary N) is 1. The molecule has 0 amide bonds. The first-order valence-electron chi connectivity index (χ1n) is 9.83. The van der Waals surface area contributed by atoms with Gasteiger partial charge in [0.15, 0.2) is 0 Å². The standard InChI is InChI=1S/C20H26N2O2.H2O4S/c1-3-13-12-22-9-7-14(13)10-19(22)20(23)16-6-8-21-18-5-4-15(24-2)11-17(16)18;1-5(2,3)4/h4-6,8,11,13-14,19-20,23H,3,7,9-10,12H2,1-2H3;(H2,1,2,3,4)/p-1/t13-,14-,19+,20-;/m0./s1. The maximum atomic E-state index is 11.2. The van der Waals surface area contributed by atoms with Crippen LogP contribution >= 0.6 is 0 Å². The van der Waals surface area contributed by atoms with Gasteiger partial charge in [0.1, 0.15) is 17.9 Å². The second-order valence-electron chi connectivity index (χ2n) is 7.81. The fraction of sp³-hybridized carbons (Fsp3) is 0.550. The minimum Gasteiger partial charge on any atom is -0.759 e. The highest BCUT2D eigenvalue weighted by molar-refractivity contribution is 7.79. The molecule has 3 fully saturated rings. The summed E-state index contributed by atoms with van der Waals surface area (Å²) in [5.41, 5.74) is 1.92. The molecule has 3 aliphatic heterocycles. The van der Waals surface area contributed by atoms with Gasteiger partial charge in [0.25, 0.3) is 0 Å². The third-order valence-electron chi connectivity index (χ3n) is 6.31. The number of methoxy groups -OCH3 is 1. The van der Waals surface area contributed by atoms with Gasteiger partial charge in [0, 0.05) is 40.7 Å². The molecule has 2 N–H and O–H groups in total. The predicted octanol–water partition coefficient (Wildman–Crippen LogP) is 0.642. The molecule has 1 unspecified atom stereocenters. The summed E-state index contributed by atoms with van der Waals surface area (Å²) in [6.45, 7) is 4.73. The molecule has 9 heteroatoms. The van der Waals surface area contributed by atoms with Gasteiger partial charge in [-0.25, -0.2) is 0 Å². The van der Waals surface area contributed by atoms with Crippen LogP contribution in [0.1, 0.15) is 37.9 Å². The Bertz CT molecular complexity index is 943. The number of nitrogens with zero attached hydrogens (tertiary/aromatic N) is 1. The van der Waals surface area contributed by atoms with E-state index in [0.717, 1.165) is 40.5 Å². The number of hydrogen-bond acceptors (Lipinski definition) is 7. The van der Waals surface area contributed by atoms with E-state index >= 15 is 0 Å². The third kappa shape index (κ3) is 5.23. The van der Waals surface area contributed by atoms with Crippen molar-refractivity contribution in [1.82, 2.24) is 4.98 Å². The van der Waals surface area contributed by atoms with Gasteiger partial charge in [-0.1, -0.05) is 6.92 Å². The second-order valence-corrected chi connectivity index (χ2v) is 8.62. The van der Waals surface area contributed by atoms with Crippen LogP contribution in [0.2, 0.25) is 0 Å². The van der Waals surface area contributed by atoms with Crippen molar-refractivity contribution >= 4 is 21.3 Å². The molecule has 160 valence electrons. The Morgan fingerprint density at radius 1 is 1.34 bits per heavy atom. The van der Waals surface area contributed by atoms with Crippen molar-refractivity contribution in [2.75, 3.05) is 20.2 Å². The van der Waals surface area contributed by atoms with E-state index in [4.69, 9.17) is 22.3 Å². The number of aliphatic hydroxyl groups is 1. The van der Waals surface area contributed by atoms with E-state index in [1.165, 1.54) is 25.9 Å². The predicted molar refractivity (Wildman–Crippen MR) is 105 cm³/mol. The number of aliphatic hydroxyl groups excluding tert-OH is 1. The number of hydrogen-bond donors (Lipinski definition) is 2. The fourth-order valence-electron chi connectivity index (χ4n) is 4.93. The maximum Gasteiger partial charge on any atom is 0.131 e. The second kappa shape index (κ2) is 8.93. The number of benzene rings is 1. The van der Waals surface area contributed by atoms with Crippen LogP contribution in [0.5, 0.6) is 5.75 Å². The summed E-state index contributed by atoms with van der Waals surface area (Å²) in [5.74, 6) is 2.44. The smallest absolute Gasteiger partial charge is 0.131 e. The molecule has 0 radical (unpaired) electrons. The van der Waals surface area contributed by atoms with E-state index < -0.39 is 16.5 Å². The summed E-state index contributed by atoms with van der Waals surface area (Å²) in [5, 5.41) is 12.2. The van der Waals surface area contributed by atoms with Crippen LogP contribution in [0.25, 0.3) is 10.9 Å². The van der Waals surface area contributed by atoms with Crippen molar-refractivity contribution in [3.05, 3.63) is 36.0 Å².